The molecule has 2 heterocycles. The van der Waals surface area contributed by atoms with E-state index >= 15 is 0 Å². The molecule has 2 spiro atoms. The fourth-order valence-electron chi connectivity index (χ4n) is 15.4. The Morgan fingerprint density at radius 1 is 0.612 bits per heavy atom. The van der Waals surface area contributed by atoms with E-state index in [0.29, 0.717) is 17.8 Å². The predicted octanol–water partition coefficient (Wildman–Crippen LogP) is 16.4. The Morgan fingerprint density at radius 3 is 2.22 bits per heavy atom. The second kappa shape index (κ2) is 16.2. The van der Waals surface area contributed by atoms with E-state index in [1.165, 1.54) is 146 Å². The van der Waals surface area contributed by atoms with E-state index in [9.17, 15) is 0 Å². The number of aryl methyl sites for hydroxylation is 1. The molecule has 0 saturated heterocycles. The third kappa shape index (κ3) is 6.43. The highest BCUT2D eigenvalue weighted by molar-refractivity contribution is 7.19. The molecule has 5 atom stereocenters. The first-order valence-electron chi connectivity index (χ1n) is 26.5. The summed E-state index contributed by atoms with van der Waals surface area (Å²) in [4.78, 5) is 1.61. The fraction of sp³-hybridized carbons (Fsp3) is 0.375. The summed E-state index contributed by atoms with van der Waals surface area (Å²) in [6.45, 7) is 0. The molecule has 8 aliphatic rings. The molecule has 6 aromatic rings. The van der Waals surface area contributed by atoms with Gasteiger partial charge in [-0.2, -0.15) is 0 Å². The molecule has 14 rings (SSSR count). The number of hydrogen-bond donors (Lipinski definition) is 2. The molecule has 336 valence electrons. The Morgan fingerprint density at radius 2 is 1.40 bits per heavy atom. The Kier molecular flexibility index (Phi) is 9.87. The molecule has 0 amide bonds. The summed E-state index contributed by atoms with van der Waals surface area (Å²) >= 11 is 2.09. The van der Waals surface area contributed by atoms with Crippen LogP contribution in [0.4, 0.5) is 0 Å². The van der Waals surface area contributed by atoms with Gasteiger partial charge in [-0.25, -0.2) is 0 Å². The lowest BCUT2D eigenvalue weighted by Gasteiger charge is -2.40. The molecule has 0 radical (unpaired) electrons. The van der Waals surface area contributed by atoms with Gasteiger partial charge in [0, 0.05) is 49.9 Å². The van der Waals surface area contributed by atoms with Gasteiger partial charge in [0.25, 0.3) is 0 Å². The first-order valence-corrected chi connectivity index (χ1v) is 27.3. The van der Waals surface area contributed by atoms with Gasteiger partial charge in [-0.1, -0.05) is 159 Å². The molecular weight excluding hydrogens is 829 g/mol. The van der Waals surface area contributed by atoms with Crippen LogP contribution in [0.2, 0.25) is 0 Å². The van der Waals surface area contributed by atoms with Crippen LogP contribution >= 0.6 is 11.3 Å². The van der Waals surface area contributed by atoms with Gasteiger partial charge >= 0.3 is 0 Å². The number of fused-ring (bicyclic) bond motifs is 13. The van der Waals surface area contributed by atoms with Crippen molar-refractivity contribution in [3.8, 4) is 33.4 Å². The van der Waals surface area contributed by atoms with E-state index in [1.54, 1.807) is 43.8 Å². The number of nitrogens with one attached hydrogen (secondary N) is 2. The highest BCUT2D eigenvalue weighted by Gasteiger charge is 2.52. The van der Waals surface area contributed by atoms with Crippen LogP contribution in [0.15, 0.2) is 145 Å². The summed E-state index contributed by atoms with van der Waals surface area (Å²) in [5, 5.41) is 9.71. The normalized spacial score (nSPS) is 26.3. The average Bonchev–Trinajstić information content (AvgIpc) is 4.00. The number of allylic oxidation sites excluding steroid dienone is 5. The van der Waals surface area contributed by atoms with Gasteiger partial charge < -0.3 is 5.32 Å². The Balaban J connectivity index is 0.860. The lowest BCUT2D eigenvalue weighted by Crippen LogP contribution is -2.55. The van der Waals surface area contributed by atoms with Gasteiger partial charge in [0.2, 0.25) is 0 Å². The van der Waals surface area contributed by atoms with Gasteiger partial charge in [-0.05, 0) is 167 Å². The summed E-state index contributed by atoms with van der Waals surface area (Å²) in [7, 11) is 0. The maximum absolute atomic E-state index is 4.20. The van der Waals surface area contributed by atoms with Crippen LogP contribution < -0.4 is 10.6 Å². The summed E-state index contributed by atoms with van der Waals surface area (Å²) in [6.07, 6.45) is 36.7. The van der Waals surface area contributed by atoms with E-state index in [1.807, 2.05) is 5.57 Å². The summed E-state index contributed by atoms with van der Waals surface area (Å²) < 4.78 is 1.46. The molecule has 1 aromatic heterocycles. The molecule has 2 fully saturated rings. The van der Waals surface area contributed by atoms with Crippen molar-refractivity contribution >= 4 is 27.1 Å². The monoisotopic (exact) mass is 892 g/mol. The van der Waals surface area contributed by atoms with Crippen LogP contribution in [0.3, 0.4) is 0 Å². The van der Waals surface area contributed by atoms with Crippen LogP contribution in [-0.4, -0.2) is 12.2 Å². The van der Waals surface area contributed by atoms with Crippen LogP contribution in [0, 0.1) is 5.92 Å². The summed E-state index contributed by atoms with van der Waals surface area (Å²) in [6, 6.07) is 41.0. The number of thiophene rings is 1. The topological polar surface area (TPSA) is 24.1 Å². The second-order valence-corrected chi connectivity index (χ2v) is 22.9. The van der Waals surface area contributed by atoms with Crippen LogP contribution in [-0.2, 0) is 17.3 Å². The third-order valence-electron chi connectivity index (χ3n) is 18.5. The van der Waals surface area contributed by atoms with Gasteiger partial charge in [-0.3, -0.25) is 5.32 Å². The van der Waals surface area contributed by atoms with Gasteiger partial charge in [-0.15, -0.1) is 11.3 Å². The van der Waals surface area contributed by atoms with E-state index in [-0.39, 0.29) is 23.0 Å². The quantitative estimate of drug-likeness (QED) is 0.169. The highest BCUT2D eigenvalue weighted by Crippen LogP contribution is 2.65. The average molecular weight is 893 g/mol. The predicted molar refractivity (Wildman–Crippen MR) is 282 cm³/mol. The molecule has 3 heteroatoms. The minimum atomic E-state index is 0.146. The van der Waals surface area contributed by atoms with Crippen molar-refractivity contribution < 1.29 is 0 Å². The lowest BCUT2D eigenvalue weighted by molar-refractivity contribution is 0.313. The zero-order valence-electron chi connectivity index (χ0n) is 39.1. The molecular formula is C64H64N2S. The van der Waals surface area contributed by atoms with Crippen LogP contribution in [0.1, 0.15) is 153 Å². The zero-order chi connectivity index (χ0) is 44.1. The van der Waals surface area contributed by atoms with Crippen molar-refractivity contribution in [3.05, 3.63) is 183 Å². The number of benzene rings is 5. The zero-order valence-corrected chi connectivity index (χ0v) is 39.9. The fourth-order valence-corrected chi connectivity index (χ4v) is 16.8. The molecule has 7 aliphatic carbocycles. The van der Waals surface area contributed by atoms with Crippen LogP contribution in [0.5, 0.6) is 0 Å². The minimum Gasteiger partial charge on any atom is -0.369 e. The molecule has 2 nitrogen and oxygen atoms in total. The van der Waals surface area contributed by atoms with Gasteiger partial charge in [0.15, 0.2) is 0 Å². The van der Waals surface area contributed by atoms with Gasteiger partial charge in [0.1, 0.15) is 0 Å². The van der Waals surface area contributed by atoms with Gasteiger partial charge in [0.05, 0.1) is 6.17 Å². The molecule has 2 N–H and O–H groups in total. The molecule has 5 unspecified atom stereocenters. The Bertz CT molecular complexity index is 3040. The van der Waals surface area contributed by atoms with Crippen molar-refractivity contribution in [2.75, 3.05) is 0 Å². The first-order chi connectivity index (χ1) is 33.1. The Hall–Kier alpha value is -5.22. The summed E-state index contributed by atoms with van der Waals surface area (Å²) in [5.41, 5.74) is 21.8. The Labute approximate surface area is 402 Å². The van der Waals surface area contributed by atoms with E-state index in [2.05, 4.69) is 162 Å². The van der Waals surface area contributed by atoms with Crippen molar-refractivity contribution in [1.82, 2.24) is 10.6 Å². The molecule has 67 heavy (non-hydrogen) atoms. The standard InChI is InChI=1S/C64H64N2S/c1-5-17-41(18-6-1)42-27-29-43(30-28-42)57-40-58(66-62(65-57)44-19-7-2-8-20-44)49-24-15-23-48-51-37-45(31-32-59(51)67-61(48)49)46-22-16-26-54-60(46)52-39-55-50(38-56(52)64(54)35-13-4-14-36-64)47-21-9-10-25-53(47)63(55)33-11-3-12-34-63/h1-2,5-8,16-19,22,25-32,37-40,44,47,49,58,62,65-66H,3-4,9-15,20-21,23-24,33-36H2. The SMILES string of the molecule is C1=CCC(C2NC(c3ccc(-c4ccccc4)cc3)=CC(C3CCCc4c3sc3ccc(-c5cccc6c5-c5cc7c(cc5C65CCCCC5)C5CCCC=C5C75CCCCC5)cc43)N2)C=C1. The number of rotatable bonds is 5. The molecule has 1 aliphatic heterocycles. The first kappa shape index (κ1) is 40.8. The van der Waals surface area contributed by atoms with E-state index in [0.717, 1.165) is 6.42 Å². The van der Waals surface area contributed by atoms with Crippen molar-refractivity contribution in [2.24, 2.45) is 5.92 Å². The smallest absolute Gasteiger partial charge is 0.0840 e. The molecule has 0 bridgehead atoms. The maximum Gasteiger partial charge on any atom is 0.0840 e. The molecule has 5 aromatic carbocycles. The van der Waals surface area contributed by atoms with Crippen molar-refractivity contribution in [1.29, 1.82) is 0 Å². The van der Waals surface area contributed by atoms with E-state index in [4.69, 9.17) is 0 Å². The largest absolute Gasteiger partial charge is 0.369 e. The second-order valence-electron chi connectivity index (χ2n) is 21.8. The lowest BCUT2D eigenvalue weighted by atomic mass is 9.65. The van der Waals surface area contributed by atoms with Crippen LogP contribution in [0.25, 0.3) is 49.2 Å². The summed E-state index contributed by atoms with van der Waals surface area (Å²) in [5.74, 6) is 1.48. The maximum atomic E-state index is 4.20. The van der Waals surface area contributed by atoms with E-state index < -0.39 is 0 Å². The van der Waals surface area contributed by atoms with Crippen molar-refractivity contribution in [2.45, 2.75) is 144 Å². The third-order valence-corrected chi connectivity index (χ3v) is 19.8. The minimum absolute atomic E-state index is 0.146. The molecule has 2 saturated carbocycles. The van der Waals surface area contributed by atoms with Crippen molar-refractivity contribution in [3.63, 3.8) is 0 Å². The highest BCUT2D eigenvalue weighted by atomic mass is 32.1. The number of hydrogen-bond acceptors (Lipinski definition) is 3.